The zero-order valence-electron chi connectivity index (χ0n) is 18.1. The Morgan fingerprint density at radius 1 is 1.26 bits per heavy atom. The molecule has 0 aromatic carbocycles. The zero-order valence-corrected chi connectivity index (χ0v) is 18.8. The van der Waals surface area contributed by atoms with Crippen molar-refractivity contribution in [3.8, 4) is 0 Å². The Kier molecular flexibility index (Phi) is 5.52. The fraction of sp³-hybridized carbons (Fsp3) is 0.591. The van der Waals surface area contributed by atoms with E-state index in [1.807, 2.05) is 13.0 Å². The minimum Gasteiger partial charge on any atom is -0.453 e. The van der Waals surface area contributed by atoms with E-state index >= 15 is 0 Å². The summed E-state index contributed by atoms with van der Waals surface area (Å²) in [6.07, 6.45) is 4.31. The first-order valence-corrected chi connectivity index (χ1v) is 11.4. The van der Waals surface area contributed by atoms with Crippen LogP contribution in [-0.4, -0.2) is 59.2 Å². The molecule has 0 atom stereocenters. The molecule has 2 aromatic rings. The fourth-order valence-corrected chi connectivity index (χ4v) is 5.09. The van der Waals surface area contributed by atoms with Gasteiger partial charge in [0.1, 0.15) is 0 Å². The minimum absolute atomic E-state index is 0.296. The molecule has 3 aliphatic heterocycles. The van der Waals surface area contributed by atoms with Crippen molar-refractivity contribution in [3.05, 3.63) is 33.7 Å². The monoisotopic (exact) mass is 445 g/mol. The predicted molar refractivity (Wildman–Crippen MR) is 117 cm³/mol. The molecule has 2 aromatic heterocycles. The van der Waals surface area contributed by atoms with Crippen LogP contribution in [0.25, 0.3) is 0 Å². The van der Waals surface area contributed by atoms with Crippen LogP contribution in [0.5, 0.6) is 0 Å². The third kappa shape index (κ3) is 3.65. The maximum Gasteiger partial charge on any atom is 0.409 e. The van der Waals surface area contributed by atoms with E-state index in [-0.39, 0.29) is 6.09 Å². The summed E-state index contributed by atoms with van der Waals surface area (Å²) in [4.78, 5) is 21.0. The molecule has 8 nitrogen and oxygen atoms in total. The number of anilines is 2. The van der Waals surface area contributed by atoms with Crippen molar-refractivity contribution in [1.29, 1.82) is 0 Å². The lowest BCUT2D eigenvalue weighted by Gasteiger charge is -2.32. The van der Waals surface area contributed by atoms with Gasteiger partial charge in [0.15, 0.2) is 5.82 Å². The number of hydrogen-bond acceptors (Lipinski definition) is 6. The lowest BCUT2D eigenvalue weighted by Crippen LogP contribution is -2.37. The van der Waals surface area contributed by atoms with E-state index in [0.717, 1.165) is 80.3 Å². The quantitative estimate of drug-likeness (QED) is 0.700. The van der Waals surface area contributed by atoms with E-state index in [0.29, 0.717) is 24.2 Å². The van der Waals surface area contributed by atoms with Gasteiger partial charge in [-0.1, -0.05) is 11.6 Å². The number of hydrogen-bond donors (Lipinski definition) is 0. The standard InChI is InChI=1S/C22H28ClN5O3/c1-14-17(23)12-20-18(24-14)4-3-8-27(20)21-16-13-26(22(29)30-2)9-5-19(16)28(25-21)15-6-10-31-11-7-15/h12,15H,3-11,13H2,1-2H3. The SMILES string of the molecule is COC(=O)N1CCc2c(c(N3CCCc4nc(C)c(Cl)cc43)nn2C2CCOCC2)C1. The highest BCUT2D eigenvalue weighted by Crippen LogP contribution is 2.40. The zero-order chi connectivity index (χ0) is 21.5. The molecule has 1 amide bonds. The lowest BCUT2D eigenvalue weighted by molar-refractivity contribution is 0.0649. The number of fused-ring (bicyclic) bond motifs is 2. The van der Waals surface area contributed by atoms with E-state index < -0.39 is 0 Å². The molecule has 0 radical (unpaired) electrons. The summed E-state index contributed by atoms with van der Waals surface area (Å²) in [6, 6.07) is 2.34. The average molecular weight is 446 g/mol. The molecule has 166 valence electrons. The largest absolute Gasteiger partial charge is 0.453 e. The molecule has 3 aliphatic rings. The van der Waals surface area contributed by atoms with E-state index in [1.54, 1.807) is 4.90 Å². The topological polar surface area (TPSA) is 72.7 Å². The number of aromatic nitrogens is 3. The Hall–Kier alpha value is -2.32. The molecular formula is C22H28ClN5O3. The molecule has 0 spiro atoms. The summed E-state index contributed by atoms with van der Waals surface area (Å²) >= 11 is 6.45. The number of carbonyl (C=O) groups excluding carboxylic acids is 1. The van der Waals surface area contributed by atoms with Gasteiger partial charge in [-0.25, -0.2) is 4.79 Å². The number of halogens is 1. The Morgan fingerprint density at radius 2 is 2.06 bits per heavy atom. The van der Waals surface area contributed by atoms with Crippen molar-refractivity contribution in [2.24, 2.45) is 0 Å². The van der Waals surface area contributed by atoms with E-state index in [9.17, 15) is 4.79 Å². The summed E-state index contributed by atoms with van der Waals surface area (Å²) in [5.74, 6) is 0.915. The molecule has 5 rings (SSSR count). The van der Waals surface area contributed by atoms with Crippen LogP contribution in [0.15, 0.2) is 6.07 Å². The summed E-state index contributed by atoms with van der Waals surface area (Å²) in [6.45, 7) is 5.44. The number of amides is 1. The third-order valence-corrected chi connectivity index (χ3v) is 6.97. The first-order valence-electron chi connectivity index (χ1n) is 11.0. The molecule has 9 heteroatoms. The van der Waals surface area contributed by atoms with Gasteiger partial charge in [-0.15, -0.1) is 0 Å². The predicted octanol–water partition coefficient (Wildman–Crippen LogP) is 3.80. The molecule has 0 bridgehead atoms. The van der Waals surface area contributed by atoms with Crippen LogP contribution in [0.4, 0.5) is 16.3 Å². The molecule has 0 saturated carbocycles. The van der Waals surface area contributed by atoms with Crippen LogP contribution >= 0.6 is 11.6 Å². The van der Waals surface area contributed by atoms with E-state index in [4.69, 9.17) is 31.2 Å². The van der Waals surface area contributed by atoms with Crippen LogP contribution in [0, 0.1) is 6.92 Å². The molecule has 1 fully saturated rings. The molecule has 0 unspecified atom stereocenters. The summed E-state index contributed by atoms with van der Waals surface area (Å²) in [5, 5.41) is 5.81. The highest BCUT2D eigenvalue weighted by molar-refractivity contribution is 6.31. The maximum atomic E-state index is 12.3. The third-order valence-electron chi connectivity index (χ3n) is 6.58. The van der Waals surface area contributed by atoms with Crippen LogP contribution < -0.4 is 4.90 Å². The molecule has 0 N–H and O–H groups in total. The van der Waals surface area contributed by atoms with Gasteiger partial charge in [-0.2, -0.15) is 5.10 Å². The van der Waals surface area contributed by atoms with Gasteiger partial charge in [0.2, 0.25) is 0 Å². The first-order chi connectivity index (χ1) is 15.1. The summed E-state index contributed by atoms with van der Waals surface area (Å²) in [5.41, 5.74) is 5.27. The van der Waals surface area contributed by atoms with Crippen molar-refractivity contribution in [1.82, 2.24) is 19.7 Å². The maximum absolute atomic E-state index is 12.3. The van der Waals surface area contributed by atoms with Gasteiger partial charge in [0, 0.05) is 44.0 Å². The average Bonchev–Trinajstić information content (AvgIpc) is 3.18. The summed E-state index contributed by atoms with van der Waals surface area (Å²) < 4.78 is 12.8. The Bertz CT molecular complexity index is 1000. The van der Waals surface area contributed by atoms with Gasteiger partial charge in [-0.3, -0.25) is 9.67 Å². The lowest BCUT2D eigenvalue weighted by atomic mass is 10.0. The van der Waals surface area contributed by atoms with Crippen molar-refractivity contribution in [2.75, 3.05) is 38.3 Å². The number of rotatable bonds is 2. The molecular weight excluding hydrogens is 418 g/mol. The molecule has 0 aliphatic carbocycles. The van der Waals surface area contributed by atoms with Crippen LogP contribution in [-0.2, 0) is 28.9 Å². The highest BCUT2D eigenvalue weighted by Gasteiger charge is 2.34. The normalized spacial score (nSPS) is 19.2. The Morgan fingerprint density at radius 3 is 2.84 bits per heavy atom. The van der Waals surface area contributed by atoms with Crippen molar-refractivity contribution < 1.29 is 14.3 Å². The second kappa shape index (κ2) is 8.31. The van der Waals surface area contributed by atoms with Gasteiger partial charge in [-0.05, 0) is 38.7 Å². The van der Waals surface area contributed by atoms with Gasteiger partial charge in [0.05, 0.1) is 41.8 Å². The Balaban J connectivity index is 1.60. The Labute approximate surface area is 187 Å². The van der Waals surface area contributed by atoms with Crippen LogP contribution in [0.1, 0.15) is 47.9 Å². The number of aryl methyl sites for hydroxylation is 2. The van der Waals surface area contributed by atoms with Crippen molar-refractivity contribution in [3.63, 3.8) is 0 Å². The highest BCUT2D eigenvalue weighted by atomic mass is 35.5. The smallest absolute Gasteiger partial charge is 0.409 e. The number of methoxy groups -OCH3 is 1. The molecule has 5 heterocycles. The van der Waals surface area contributed by atoms with Crippen LogP contribution in [0.2, 0.25) is 5.02 Å². The number of carbonyl (C=O) groups is 1. The number of nitrogens with zero attached hydrogens (tertiary/aromatic N) is 5. The first kappa shape index (κ1) is 20.6. The molecule has 1 saturated heterocycles. The van der Waals surface area contributed by atoms with Crippen molar-refractivity contribution in [2.45, 2.75) is 51.6 Å². The van der Waals surface area contributed by atoms with Gasteiger partial charge < -0.3 is 19.3 Å². The van der Waals surface area contributed by atoms with Crippen molar-refractivity contribution >= 4 is 29.2 Å². The van der Waals surface area contributed by atoms with E-state index in [1.165, 1.54) is 12.8 Å². The van der Waals surface area contributed by atoms with E-state index in [2.05, 4.69) is 9.58 Å². The molecule has 31 heavy (non-hydrogen) atoms. The second-order valence-electron chi connectivity index (χ2n) is 8.46. The number of pyridine rings is 1. The van der Waals surface area contributed by atoms with Gasteiger partial charge in [0.25, 0.3) is 0 Å². The number of ether oxygens (including phenoxy) is 2. The summed E-state index contributed by atoms with van der Waals surface area (Å²) in [7, 11) is 1.43. The fourth-order valence-electron chi connectivity index (χ4n) is 4.95. The van der Waals surface area contributed by atoms with Gasteiger partial charge >= 0.3 is 6.09 Å². The van der Waals surface area contributed by atoms with Crippen LogP contribution in [0.3, 0.4) is 0 Å². The second-order valence-corrected chi connectivity index (χ2v) is 8.86. The minimum atomic E-state index is -0.296.